The highest BCUT2D eigenvalue weighted by atomic mass is 16.4. The maximum Gasteiger partial charge on any atom is 0.335 e. The molecule has 23 heavy (non-hydrogen) atoms. The fourth-order valence-electron chi connectivity index (χ4n) is 2.82. The average molecular weight is 318 g/mol. The van der Waals surface area contributed by atoms with Crippen LogP contribution >= 0.6 is 0 Å². The molecular formula is C17H22N2O4. The SMILES string of the molecule is CCCC(=O)N1CCCCC1C(=O)Nc1cccc(C(=O)O)c1. The van der Waals surface area contributed by atoms with Gasteiger partial charge in [-0.05, 0) is 43.9 Å². The van der Waals surface area contributed by atoms with Gasteiger partial charge in [0.25, 0.3) is 0 Å². The number of likely N-dealkylation sites (tertiary alicyclic amines) is 1. The number of hydrogen-bond donors (Lipinski definition) is 2. The predicted octanol–water partition coefficient (Wildman–Crippen LogP) is 2.50. The smallest absolute Gasteiger partial charge is 0.335 e. The standard InChI is InChI=1S/C17H22N2O4/c1-2-6-15(20)19-10-4-3-9-14(19)16(21)18-13-8-5-7-12(11-13)17(22)23/h5,7-8,11,14H,2-4,6,9-10H2,1H3,(H,18,21)(H,22,23). The maximum absolute atomic E-state index is 12.5. The fraction of sp³-hybridized carbons (Fsp3) is 0.471. The molecule has 0 radical (unpaired) electrons. The van der Waals surface area contributed by atoms with Crippen molar-refractivity contribution in [3.05, 3.63) is 29.8 Å². The van der Waals surface area contributed by atoms with E-state index in [4.69, 9.17) is 5.11 Å². The molecule has 1 aromatic rings. The van der Waals surface area contributed by atoms with Crippen molar-refractivity contribution < 1.29 is 19.5 Å². The Morgan fingerprint density at radius 3 is 2.78 bits per heavy atom. The number of carboxylic acids is 1. The Labute approximate surface area is 135 Å². The molecule has 1 aliphatic rings. The molecular weight excluding hydrogens is 296 g/mol. The Balaban J connectivity index is 2.09. The van der Waals surface area contributed by atoms with E-state index in [0.717, 1.165) is 19.3 Å². The van der Waals surface area contributed by atoms with Crippen LogP contribution in [0.15, 0.2) is 24.3 Å². The number of amides is 2. The third-order valence-electron chi connectivity index (χ3n) is 3.97. The molecule has 1 fully saturated rings. The Kier molecular flexibility index (Phi) is 5.73. The fourth-order valence-corrected chi connectivity index (χ4v) is 2.82. The second-order valence-corrected chi connectivity index (χ2v) is 5.72. The number of nitrogens with zero attached hydrogens (tertiary/aromatic N) is 1. The van der Waals surface area contributed by atoms with Gasteiger partial charge in [0.1, 0.15) is 6.04 Å². The van der Waals surface area contributed by atoms with Gasteiger partial charge in [-0.3, -0.25) is 9.59 Å². The molecule has 2 amide bonds. The number of hydrogen-bond acceptors (Lipinski definition) is 3. The van der Waals surface area contributed by atoms with Gasteiger partial charge in [-0.2, -0.15) is 0 Å². The zero-order valence-electron chi connectivity index (χ0n) is 13.2. The summed E-state index contributed by atoms with van der Waals surface area (Å²) in [6.07, 6.45) is 3.65. The number of anilines is 1. The summed E-state index contributed by atoms with van der Waals surface area (Å²) in [5.74, 6) is -1.29. The lowest BCUT2D eigenvalue weighted by Crippen LogP contribution is -2.49. The summed E-state index contributed by atoms with van der Waals surface area (Å²) in [5, 5.41) is 11.7. The van der Waals surface area contributed by atoms with Crippen molar-refractivity contribution in [3.8, 4) is 0 Å². The van der Waals surface area contributed by atoms with Crippen LogP contribution in [-0.4, -0.2) is 40.4 Å². The summed E-state index contributed by atoms with van der Waals surface area (Å²) in [6.45, 7) is 2.54. The number of aromatic carboxylic acids is 1. The van der Waals surface area contributed by atoms with E-state index < -0.39 is 12.0 Å². The minimum Gasteiger partial charge on any atom is -0.478 e. The second kappa shape index (κ2) is 7.76. The molecule has 1 aliphatic heterocycles. The zero-order valence-corrected chi connectivity index (χ0v) is 13.2. The molecule has 1 heterocycles. The minimum atomic E-state index is -1.04. The van der Waals surface area contributed by atoms with E-state index in [1.54, 1.807) is 17.0 Å². The van der Waals surface area contributed by atoms with Crippen molar-refractivity contribution in [3.63, 3.8) is 0 Å². The van der Waals surface area contributed by atoms with Crippen molar-refractivity contribution >= 4 is 23.5 Å². The molecule has 124 valence electrons. The van der Waals surface area contributed by atoms with E-state index in [0.29, 0.717) is 25.1 Å². The zero-order chi connectivity index (χ0) is 16.8. The number of nitrogens with one attached hydrogen (secondary N) is 1. The number of carboxylic acid groups (broad SMARTS) is 1. The Hall–Kier alpha value is -2.37. The Bertz CT molecular complexity index is 600. The van der Waals surface area contributed by atoms with Gasteiger partial charge in [0.15, 0.2) is 0 Å². The van der Waals surface area contributed by atoms with Gasteiger partial charge in [-0.25, -0.2) is 4.79 Å². The van der Waals surface area contributed by atoms with Crippen molar-refractivity contribution in [2.45, 2.75) is 45.1 Å². The molecule has 0 spiro atoms. The highest BCUT2D eigenvalue weighted by Crippen LogP contribution is 2.20. The van der Waals surface area contributed by atoms with Crippen LogP contribution in [-0.2, 0) is 9.59 Å². The molecule has 6 heteroatoms. The van der Waals surface area contributed by atoms with Gasteiger partial charge >= 0.3 is 5.97 Å². The van der Waals surface area contributed by atoms with E-state index in [9.17, 15) is 14.4 Å². The van der Waals surface area contributed by atoms with Crippen LogP contribution in [0, 0.1) is 0 Å². The summed E-state index contributed by atoms with van der Waals surface area (Å²) in [6, 6.07) is 5.64. The molecule has 0 aliphatic carbocycles. The first kappa shape index (κ1) is 17.0. The van der Waals surface area contributed by atoms with E-state index in [1.807, 2.05) is 6.92 Å². The second-order valence-electron chi connectivity index (χ2n) is 5.72. The Morgan fingerprint density at radius 1 is 1.30 bits per heavy atom. The third kappa shape index (κ3) is 4.31. The predicted molar refractivity (Wildman–Crippen MR) is 86.3 cm³/mol. The monoisotopic (exact) mass is 318 g/mol. The van der Waals surface area contributed by atoms with Crippen LogP contribution in [0.4, 0.5) is 5.69 Å². The number of carbonyl (C=O) groups excluding carboxylic acids is 2. The molecule has 6 nitrogen and oxygen atoms in total. The average Bonchev–Trinajstić information content (AvgIpc) is 2.55. The molecule has 1 saturated heterocycles. The highest BCUT2D eigenvalue weighted by molar-refractivity contribution is 5.98. The van der Waals surface area contributed by atoms with Crippen LogP contribution in [0.2, 0.25) is 0 Å². The van der Waals surface area contributed by atoms with Crippen molar-refractivity contribution in [1.29, 1.82) is 0 Å². The van der Waals surface area contributed by atoms with Crippen molar-refractivity contribution in [2.75, 3.05) is 11.9 Å². The quantitative estimate of drug-likeness (QED) is 0.873. The van der Waals surface area contributed by atoms with Crippen LogP contribution in [0.5, 0.6) is 0 Å². The summed E-state index contributed by atoms with van der Waals surface area (Å²) in [5.41, 5.74) is 0.550. The van der Waals surface area contributed by atoms with E-state index in [-0.39, 0.29) is 17.4 Å². The largest absolute Gasteiger partial charge is 0.478 e. The molecule has 1 atom stereocenters. The van der Waals surface area contributed by atoms with Crippen molar-refractivity contribution in [1.82, 2.24) is 4.90 Å². The van der Waals surface area contributed by atoms with Gasteiger partial charge in [-0.1, -0.05) is 13.0 Å². The number of benzene rings is 1. The molecule has 1 aromatic carbocycles. The summed E-state index contributed by atoms with van der Waals surface area (Å²) >= 11 is 0. The number of rotatable bonds is 5. The molecule has 2 N–H and O–H groups in total. The summed E-state index contributed by atoms with van der Waals surface area (Å²) in [7, 11) is 0. The van der Waals surface area contributed by atoms with Gasteiger partial charge in [-0.15, -0.1) is 0 Å². The maximum atomic E-state index is 12.5. The normalized spacial score (nSPS) is 17.6. The lowest BCUT2D eigenvalue weighted by atomic mass is 10.0. The van der Waals surface area contributed by atoms with Gasteiger partial charge in [0, 0.05) is 18.7 Å². The summed E-state index contributed by atoms with van der Waals surface area (Å²) in [4.78, 5) is 37.3. The minimum absolute atomic E-state index is 0.00615. The highest BCUT2D eigenvalue weighted by Gasteiger charge is 2.31. The molecule has 1 unspecified atom stereocenters. The van der Waals surface area contributed by atoms with Crippen LogP contribution in [0.1, 0.15) is 49.4 Å². The first-order valence-corrected chi connectivity index (χ1v) is 7.96. The lowest BCUT2D eigenvalue weighted by molar-refractivity contribution is -0.140. The third-order valence-corrected chi connectivity index (χ3v) is 3.97. The van der Waals surface area contributed by atoms with Gasteiger partial charge in [0.2, 0.25) is 11.8 Å². The summed E-state index contributed by atoms with van der Waals surface area (Å²) < 4.78 is 0. The molecule has 0 saturated carbocycles. The topological polar surface area (TPSA) is 86.7 Å². The number of carbonyl (C=O) groups is 3. The van der Waals surface area contributed by atoms with Crippen molar-refractivity contribution in [2.24, 2.45) is 0 Å². The Morgan fingerprint density at radius 2 is 2.09 bits per heavy atom. The lowest BCUT2D eigenvalue weighted by Gasteiger charge is -2.34. The van der Waals surface area contributed by atoms with Crippen LogP contribution < -0.4 is 5.32 Å². The molecule has 0 aromatic heterocycles. The number of piperidine rings is 1. The van der Waals surface area contributed by atoms with E-state index in [2.05, 4.69) is 5.32 Å². The van der Waals surface area contributed by atoms with Crippen LogP contribution in [0.3, 0.4) is 0 Å². The van der Waals surface area contributed by atoms with E-state index in [1.165, 1.54) is 12.1 Å². The first-order valence-electron chi connectivity index (χ1n) is 7.96. The first-order chi connectivity index (χ1) is 11.0. The van der Waals surface area contributed by atoms with Gasteiger partial charge < -0.3 is 15.3 Å². The molecule has 2 rings (SSSR count). The van der Waals surface area contributed by atoms with Gasteiger partial charge in [0.05, 0.1) is 5.56 Å². The molecule has 0 bridgehead atoms. The van der Waals surface area contributed by atoms with E-state index >= 15 is 0 Å². The van der Waals surface area contributed by atoms with Crippen LogP contribution in [0.25, 0.3) is 0 Å².